The topological polar surface area (TPSA) is 95.0 Å². The molecule has 1 amide bonds. The number of hydrogen-bond acceptors (Lipinski definition) is 4. The van der Waals surface area contributed by atoms with E-state index >= 15 is 0 Å². The van der Waals surface area contributed by atoms with E-state index in [1.54, 1.807) is 31.4 Å². The molecule has 1 fully saturated rings. The summed E-state index contributed by atoms with van der Waals surface area (Å²) in [6, 6.07) is 7.40. The molecular formula is C19H31IN4O3. The molecule has 8 heteroatoms. The number of hydrogen-bond donors (Lipinski definition) is 4. The zero-order valence-corrected chi connectivity index (χ0v) is 18.4. The molecule has 1 aliphatic rings. The number of aliphatic hydroxyl groups excluding tert-OH is 1. The molecule has 1 aliphatic carbocycles. The number of carbonyl (C=O) groups is 1. The summed E-state index contributed by atoms with van der Waals surface area (Å²) in [5, 5.41) is 19.1. The van der Waals surface area contributed by atoms with Gasteiger partial charge < -0.3 is 25.8 Å². The lowest BCUT2D eigenvalue weighted by molar-refractivity contribution is 0.0954. The number of methoxy groups -OCH3 is 1. The third-order valence-corrected chi connectivity index (χ3v) is 4.38. The van der Waals surface area contributed by atoms with Gasteiger partial charge in [0.1, 0.15) is 5.75 Å². The molecule has 27 heavy (non-hydrogen) atoms. The second-order valence-corrected chi connectivity index (χ2v) is 6.40. The van der Waals surface area contributed by atoms with E-state index in [-0.39, 0.29) is 36.0 Å². The predicted molar refractivity (Wildman–Crippen MR) is 118 cm³/mol. The van der Waals surface area contributed by atoms with Crippen molar-refractivity contribution in [2.24, 2.45) is 4.99 Å². The first-order valence-electron chi connectivity index (χ1n) is 9.27. The van der Waals surface area contributed by atoms with E-state index < -0.39 is 0 Å². The maximum Gasteiger partial charge on any atom is 0.251 e. The smallest absolute Gasteiger partial charge is 0.251 e. The van der Waals surface area contributed by atoms with Crippen molar-refractivity contribution >= 4 is 35.8 Å². The Kier molecular flexibility index (Phi) is 11.1. The average molecular weight is 490 g/mol. The highest BCUT2D eigenvalue weighted by atomic mass is 127. The molecule has 0 aliphatic heterocycles. The van der Waals surface area contributed by atoms with Gasteiger partial charge in [-0.2, -0.15) is 0 Å². The van der Waals surface area contributed by atoms with Crippen LogP contribution in [0.5, 0.6) is 5.75 Å². The highest BCUT2D eigenvalue weighted by molar-refractivity contribution is 14.0. The second kappa shape index (κ2) is 12.8. The number of halogens is 1. The van der Waals surface area contributed by atoms with Gasteiger partial charge in [-0.05, 0) is 50.8 Å². The van der Waals surface area contributed by atoms with Gasteiger partial charge in [-0.1, -0.05) is 6.07 Å². The quantitative estimate of drug-likeness (QED) is 0.203. The van der Waals surface area contributed by atoms with Gasteiger partial charge in [0.05, 0.1) is 19.8 Å². The molecular weight excluding hydrogens is 459 g/mol. The maximum atomic E-state index is 12.2. The highest BCUT2D eigenvalue weighted by Crippen LogP contribution is 2.18. The Labute approximate surface area is 178 Å². The zero-order chi connectivity index (χ0) is 18.8. The summed E-state index contributed by atoms with van der Waals surface area (Å²) in [6.45, 7) is 3.74. The van der Waals surface area contributed by atoms with Crippen molar-refractivity contribution in [3.8, 4) is 5.75 Å². The molecule has 152 valence electrons. The first kappa shape index (κ1) is 23.5. The number of ether oxygens (including phenoxy) is 1. The predicted octanol–water partition coefficient (Wildman–Crippen LogP) is 1.90. The van der Waals surface area contributed by atoms with Crippen molar-refractivity contribution < 1.29 is 14.6 Å². The summed E-state index contributed by atoms with van der Waals surface area (Å²) in [5.41, 5.74) is 0.569. The van der Waals surface area contributed by atoms with Crippen molar-refractivity contribution in [2.75, 3.05) is 26.7 Å². The van der Waals surface area contributed by atoms with Gasteiger partial charge in [-0.15, -0.1) is 24.0 Å². The molecule has 0 saturated heterocycles. The van der Waals surface area contributed by atoms with Crippen LogP contribution in [0.25, 0.3) is 0 Å². The van der Waals surface area contributed by atoms with Crippen LogP contribution in [-0.2, 0) is 0 Å². The van der Waals surface area contributed by atoms with Crippen LogP contribution in [0, 0.1) is 0 Å². The van der Waals surface area contributed by atoms with Crippen LogP contribution in [0.4, 0.5) is 0 Å². The van der Waals surface area contributed by atoms with Crippen molar-refractivity contribution in [3.63, 3.8) is 0 Å². The molecule has 1 aromatic rings. The van der Waals surface area contributed by atoms with Gasteiger partial charge in [-0.3, -0.25) is 9.79 Å². The third kappa shape index (κ3) is 8.34. The van der Waals surface area contributed by atoms with Crippen LogP contribution in [0.15, 0.2) is 29.3 Å². The molecule has 0 spiro atoms. The fourth-order valence-electron chi connectivity index (χ4n) is 2.94. The summed E-state index contributed by atoms with van der Waals surface area (Å²) < 4.78 is 5.13. The fourth-order valence-corrected chi connectivity index (χ4v) is 2.94. The van der Waals surface area contributed by atoms with Gasteiger partial charge >= 0.3 is 0 Å². The SMILES string of the molecule is CCNC(=NCCNC(=O)c1cccc(OC)c1)NC1CCC(O)CC1.I. The van der Waals surface area contributed by atoms with Gasteiger partial charge in [0, 0.05) is 24.7 Å². The minimum Gasteiger partial charge on any atom is -0.497 e. The van der Waals surface area contributed by atoms with Crippen LogP contribution in [0.2, 0.25) is 0 Å². The van der Waals surface area contributed by atoms with E-state index in [1.807, 2.05) is 6.92 Å². The first-order chi connectivity index (χ1) is 12.6. The number of aliphatic imine (C=N–C) groups is 1. The minimum atomic E-state index is -0.167. The van der Waals surface area contributed by atoms with Gasteiger partial charge in [-0.25, -0.2) is 0 Å². The van der Waals surface area contributed by atoms with E-state index in [1.165, 1.54) is 0 Å². The number of amides is 1. The van der Waals surface area contributed by atoms with Gasteiger partial charge in [0.15, 0.2) is 5.96 Å². The summed E-state index contributed by atoms with van der Waals surface area (Å²) in [6.07, 6.45) is 3.37. The molecule has 2 rings (SSSR count). The van der Waals surface area contributed by atoms with Crippen molar-refractivity contribution in [1.29, 1.82) is 0 Å². The zero-order valence-electron chi connectivity index (χ0n) is 16.0. The Bertz CT molecular complexity index is 604. The summed E-state index contributed by atoms with van der Waals surface area (Å²) in [5.74, 6) is 1.27. The maximum absolute atomic E-state index is 12.2. The van der Waals surface area contributed by atoms with Crippen LogP contribution in [0.3, 0.4) is 0 Å². The molecule has 1 saturated carbocycles. The lowest BCUT2D eigenvalue weighted by atomic mass is 9.93. The molecule has 0 unspecified atom stereocenters. The van der Waals surface area contributed by atoms with Crippen LogP contribution in [-0.4, -0.2) is 55.9 Å². The van der Waals surface area contributed by atoms with Crippen LogP contribution < -0.4 is 20.7 Å². The number of rotatable bonds is 7. The highest BCUT2D eigenvalue weighted by Gasteiger charge is 2.19. The Hall–Kier alpha value is -1.55. The lowest BCUT2D eigenvalue weighted by Gasteiger charge is -2.27. The minimum absolute atomic E-state index is 0. The normalized spacial score (nSPS) is 19.6. The number of benzene rings is 1. The number of aliphatic hydroxyl groups is 1. The summed E-state index contributed by atoms with van der Waals surface area (Å²) in [4.78, 5) is 16.7. The molecule has 1 aromatic carbocycles. The summed E-state index contributed by atoms with van der Waals surface area (Å²) in [7, 11) is 1.58. The van der Waals surface area contributed by atoms with E-state index in [2.05, 4.69) is 20.9 Å². The van der Waals surface area contributed by atoms with Crippen molar-refractivity contribution in [2.45, 2.75) is 44.8 Å². The van der Waals surface area contributed by atoms with Crippen molar-refractivity contribution in [3.05, 3.63) is 29.8 Å². The van der Waals surface area contributed by atoms with Gasteiger partial charge in [0.2, 0.25) is 0 Å². The van der Waals surface area contributed by atoms with E-state index in [9.17, 15) is 9.90 Å². The van der Waals surface area contributed by atoms with E-state index in [0.29, 0.717) is 30.4 Å². The molecule has 0 aromatic heterocycles. The largest absolute Gasteiger partial charge is 0.497 e. The monoisotopic (exact) mass is 490 g/mol. The number of guanidine groups is 1. The van der Waals surface area contributed by atoms with Crippen LogP contribution >= 0.6 is 24.0 Å². The average Bonchev–Trinajstić information content (AvgIpc) is 2.67. The van der Waals surface area contributed by atoms with Crippen LogP contribution in [0.1, 0.15) is 43.0 Å². The molecule has 0 radical (unpaired) electrons. The summed E-state index contributed by atoms with van der Waals surface area (Å²) >= 11 is 0. The third-order valence-electron chi connectivity index (χ3n) is 4.38. The Morgan fingerprint density at radius 2 is 2.00 bits per heavy atom. The molecule has 7 nitrogen and oxygen atoms in total. The first-order valence-corrected chi connectivity index (χ1v) is 9.27. The molecule has 0 atom stereocenters. The van der Waals surface area contributed by atoms with E-state index in [4.69, 9.17) is 4.74 Å². The molecule has 0 bridgehead atoms. The second-order valence-electron chi connectivity index (χ2n) is 6.40. The Balaban J connectivity index is 0.00000364. The van der Waals surface area contributed by atoms with E-state index in [0.717, 1.165) is 38.2 Å². The number of nitrogens with zero attached hydrogens (tertiary/aromatic N) is 1. The van der Waals surface area contributed by atoms with Gasteiger partial charge in [0.25, 0.3) is 5.91 Å². The van der Waals surface area contributed by atoms with Crippen molar-refractivity contribution in [1.82, 2.24) is 16.0 Å². The molecule has 0 heterocycles. The fraction of sp³-hybridized carbons (Fsp3) is 0.579. The Morgan fingerprint density at radius 3 is 2.67 bits per heavy atom. The lowest BCUT2D eigenvalue weighted by Crippen LogP contribution is -2.45. The number of nitrogens with one attached hydrogen (secondary N) is 3. The number of carbonyl (C=O) groups excluding carboxylic acids is 1. The molecule has 4 N–H and O–H groups in total. The Morgan fingerprint density at radius 1 is 1.26 bits per heavy atom. The standard InChI is InChI=1S/C19H30N4O3.HI/c1-3-20-19(23-15-7-9-16(24)10-8-15)22-12-11-21-18(25)14-5-4-6-17(13-14)26-2;/h4-6,13,15-16,24H,3,7-12H2,1-2H3,(H,21,25)(H2,20,22,23);1H.